The lowest BCUT2D eigenvalue weighted by Gasteiger charge is -2.15. The molecule has 0 radical (unpaired) electrons. The van der Waals surface area contributed by atoms with E-state index in [4.69, 9.17) is 0 Å². The normalized spacial score (nSPS) is 26.2. The summed E-state index contributed by atoms with van der Waals surface area (Å²) in [5.74, 6) is 1.69. The summed E-state index contributed by atoms with van der Waals surface area (Å²) in [5.41, 5.74) is 5.72. The van der Waals surface area contributed by atoms with Gasteiger partial charge in [0, 0.05) is 0 Å². The molecule has 0 aliphatic heterocycles. The van der Waals surface area contributed by atoms with Crippen molar-refractivity contribution in [2.24, 2.45) is 11.8 Å². The van der Waals surface area contributed by atoms with Crippen LogP contribution in [0.4, 0.5) is 0 Å². The fraction of sp³-hybridized carbons (Fsp3) is 0.538. The maximum Gasteiger partial charge on any atom is -0.0243 e. The highest BCUT2D eigenvalue weighted by molar-refractivity contribution is 4.89. The van der Waals surface area contributed by atoms with Crippen molar-refractivity contribution in [2.75, 3.05) is 0 Å². The maximum absolute atomic E-state index is 3.60. The van der Waals surface area contributed by atoms with Gasteiger partial charge in [-0.25, -0.2) is 0 Å². The van der Waals surface area contributed by atoms with Gasteiger partial charge in [-0.2, -0.15) is 0 Å². The summed E-state index contributed by atoms with van der Waals surface area (Å²) in [5, 5.41) is 0. The van der Waals surface area contributed by atoms with Crippen LogP contribution >= 0.6 is 0 Å². The summed E-state index contributed by atoms with van der Waals surface area (Å²) >= 11 is 0. The highest BCUT2D eigenvalue weighted by atomic mass is 14.3. The summed E-state index contributed by atoms with van der Waals surface area (Å²) in [6.45, 7) is 7.20. The van der Waals surface area contributed by atoms with Gasteiger partial charge in [-0.1, -0.05) is 19.6 Å². The van der Waals surface area contributed by atoms with Crippen molar-refractivity contribution < 1.29 is 0 Å². The second kappa shape index (κ2) is 5.65. The van der Waals surface area contributed by atoms with Crippen LogP contribution in [0, 0.1) is 11.8 Å². The van der Waals surface area contributed by atoms with Crippen LogP contribution in [0.3, 0.4) is 0 Å². The SMILES string of the molecule is C=C=CCC1CCCC1CC=C=C. The predicted molar refractivity (Wildman–Crippen MR) is 57.5 cm³/mol. The Bertz CT molecular complexity index is 211. The van der Waals surface area contributed by atoms with Gasteiger partial charge in [-0.3, -0.25) is 0 Å². The molecule has 13 heavy (non-hydrogen) atoms. The first kappa shape index (κ1) is 10.1. The van der Waals surface area contributed by atoms with Gasteiger partial charge in [0.2, 0.25) is 0 Å². The first-order valence-corrected chi connectivity index (χ1v) is 5.07. The van der Waals surface area contributed by atoms with Gasteiger partial charge in [0.15, 0.2) is 0 Å². The molecule has 1 aliphatic carbocycles. The molecule has 0 aromatic carbocycles. The number of hydrogen-bond donors (Lipinski definition) is 0. The van der Waals surface area contributed by atoms with Gasteiger partial charge in [-0.15, -0.1) is 11.5 Å². The monoisotopic (exact) mass is 174 g/mol. The van der Waals surface area contributed by atoms with Crippen LogP contribution in [0.15, 0.2) is 36.8 Å². The molecule has 0 amide bonds. The lowest BCUT2D eigenvalue weighted by molar-refractivity contribution is 0.395. The molecule has 0 nitrogen and oxygen atoms in total. The zero-order valence-corrected chi connectivity index (χ0v) is 8.26. The van der Waals surface area contributed by atoms with E-state index in [1.54, 1.807) is 0 Å². The van der Waals surface area contributed by atoms with Crippen molar-refractivity contribution in [3.8, 4) is 0 Å². The Morgan fingerprint density at radius 2 is 1.46 bits per heavy atom. The van der Waals surface area contributed by atoms with E-state index in [1.807, 2.05) is 0 Å². The average molecular weight is 174 g/mol. The molecule has 0 spiro atoms. The Morgan fingerprint density at radius 1 is 1.00 bits per heavy atom. The van der Waals surface area contributed by atoms with Gasteiger partial charge in [0.1, 0.15) is 0 Å². The Hall–Kier alpha value is -0.960. The smallest absolute Gasteiger partial charge is 0.0243 e. The Morgan fingerprint density at radius 3 is 1.85 bits per heavy atom. The van der Waals surface area contributed by atoms with E-state index in [0.717, 1.165) is 24.7 Å². The standard InChI is InChI=1S/C13H18/c1-3-5-8-12-10-7-11-13(12)9-6-4-2/h5-6,12-13H,1-2,7-11H2. The van der Waals surface area contributed by atoms with Crippen LogP contribution in [-0.2, 0) is 0 Å². The van der Waals surface area contributed by atoms with Crippen LogP contribution in [0.2, 0.25) is 0 Å². The minimum atomic E-state index is 0.846. The predicted octanol–water partition coefficient (Wildman–Crippen LogP) is 3.87. The molecule has 0 heteroatoms. The molecule has 70 valence electrons. The molecule has 0 aromatic rings. The molecule has 1 fully saturated rings. The lowest BCUT2D eigenvalue weighted by Crippen LogP contribution is -2.05. The number of allylic oxidation sites excluding steroid dienone is 2. The van der Waals surface area contributed by atoms with Crippen molar-refractivity contribution in [1.29, 1.82) is 0 Å². The fourth-order valence-corrected chi connectivity index (χ4v) is 2.20. The lowest BCUT2D eigenvalue weighted by atomic mass is 9.90. The summed E-state index contributed by atoms with van der Waals surface area (Å²) in [7, 11) is 0. The molecule has 0 aromatic heterocycles. The van der Waals surface area contributed by atoms with Crippen LogP contribution in [0.5, 0.6) is 0 Å². The summed E-state index contributed by atoms with van der Waals surface area (Å²) < 4.78 is 0. The van der Waals surface area contributed by atoms with E-state index in [0.29, 0.717) is 0 Å². The molecule has 1 saturated carbocycles. The Balaban J connectivity index is 2.42. The fourth-order valence-electron chi connectivity index (χ4n) is 2.20. The molecular formula is C13H18. The first-order valence-electron chi connectivity index (χ1n) is 5.07. The van der Waals surface area contributed by atoms with Crippen molar-refractivity contribution in [3.05, 3.63) is 36.8 Å². The van der Waals surface area contributed by atoms with Crippen molar-refractivity contribution in [1.82, 2.24) is 0 Å². The zero-order valence-electron chi connectivity index (χ0n) is 8.26. The van der Waals surface area contributed by atoms with Crippen LogP contribution in [0.1, 0.15) is 32.1 Å². The highest BCUT2D eigenvalue weighted by Crippen LogP contribution is 2.36. The molecule has 2 unspecified atom stereocenters. The molecule has 0 heterocycles. The minimum absolute atomic E-state index is 0.846. The van der Waals surface area contributed by atoms with E-state index < -0.39 is 0 Å². The minimum Gasteiger partial charge on any atom is -0.133 e. The van der Waals surface area contributed by atoms with Gasteiger partial charge < -0.3 is 0 Å². The Labute approximate surface area is 81.4 Å². The topological polar surface area (TPSA) is 0 Å². The number of rotatable bonds is 4. The maximum atomic E-state index is 3.60. The van der Waals surface area contributed by atoms with Crippen LogP contribution in [-0.4, -0.2) is 0 Å². The van der Waals surface area contributed by atoms with E-state index >= 15 is 0 Å². The average Bonchev–Trinajstić information content (AvgIpc) is 2.59. The third-order valence-corrected chi connectivity index (χ3v) is 2.95. The quantitative estimate of drug-likeness (QED) is 0.568. The molecule has 2 atom stereocenters. The van der Waals surface area contributed by atoms with E-state index in [-0.39, 0.29) is 0 Å². The summed E-state index contributed by atoms with van der Waals surface area (Å²) in [6.07, 6.45) is 10.6. The van der Waals surface area contributed by atoms with Gasteiger partial charge in [0.05, 0.1) is 0 Å². The second-order valence-corrected chi connectivity index (χ2v) is 3.74. The largest absolute Gasteiger partial charge is 0.133 e. The number of hydrogen-bond acceptors (Lipinski definition) is 0. The summed E-state index contributed by atoms with van der Waals surface area (Å²) in [6, 6.07) is 0. The van der Waals surface area contributed by atoms with Gasteiger partial charge >= 0.3 is 0 Å². The zero-order chi connectivity index (χ0) is 9.52. The van der Waals surface area contributed by atoms with E-state index in [2.05, 4.69) is 36.8 Å². The van der Waals surface area contributed by atoms with Crippen molar-refractivity contribution in [3.63, 3.8) is 0 Å². The van der Waals surface area contributed by atoms with E-state index in [1.165, 1.54) is 19.3 Å². The highest BCUT2D eigenvalue weighted by Gasteiger charge is 2.24. The van der Waals surface area contributed by atoms with Crippen LogP contribution < -0.4 is 0 Å². The molecule has 0 saturated heterocycles. The van der Waals surface area contributed by atoms with Crippen molar-refractivity contribution in [2.45, 2.75) is 32.1 Å². The Kier molecular flexibility index (Phi) is 4.40. The third kappa shape index (κ3) is 3.11. The molecule has 1 rings (SSSR count). The molecule has 1 aliphatic rings. The van der Waals surface area contributed by atoms with Gasteiger partial charge in [-0.05, 0) is 49.7 Å². The molecular weight excluding hydrogens is 156 g/mol. The van der Waals surface area contributed by atoms with E-state index in [9.17, 15) is 0 Å². The molecule has 0 bridgehead atoms. The van der Waals surface area contributed by atoms with Gasteiger partial charge in [0.25, 0.3) is 0 Å². The molecule has 0 N–H and O–H groups in total. The summed E-state index contributed by atoms with van der Waals surface area (Å²) in [4.78, 5) is 0. The second-order valence-electron chi connectivity index (χ2n) is 3.74. The van der Waals surface area contributed by atoms with Crippen LogP contribution in [0.25, 0.3) is 0 Å². The van der Waals surface area contributed by atoms with Crippen molar-refractivity contribution >= 4 is 0 Å². The first-order chi connectivity index (χ1) is 6.38. The third-order valence-electron chi connectivity index (χ3n) is 2.95.